The highest BCUT2D eigenvalue weighted by atomic mass is 16.6. The van der Waals surface area contributed by atoms with Crippen molar-refractivity contribution in [3.05, 3.63) is 11.6 Å². The van der Waals surface area contributed by atoms with Gasteiger partial charge in [0, 0.05) is 0 Å². The SMILES string of the molecule is C/C=C1/C(=O)OC(C)C1O. The van der Waals surface area contributed by atoms with Crippen molar-refractivity contribution in [3.63, 3.8) is 0 Å². The zero-order valence-electron chi connectivity index (χ0n) is 6.00. The number of allylic oxidation sites excluding steroid dienone is 1. The van der Waals surface area contributed by atoms with E-state index in [1.165, 1.54) is 0 Å². The molecule has 0 spiro atoms. The number of ether oxygens (including phenoxy) is 1. The second-order valence-electron chi connectivity index (χ2n) is 2.30. The molecule has 0 aromatic carbocycles. The van der Waals surface area contributed by atoms with Crippen LogP contribution in [0.1, 0.15) is 13.8 Å². The molecular formula is C7H10O3. The molecule has 0 bridgehead atoms. The van der Waals surface area contributed by atoms with Crippen molar-refractivity contribution in [2.24, 2.45) is 0 Å². The average molecular weight is 142 g/mol. The molecule has 2 unspecified atom stereocenters. The van der Waals surface area contributed by atoms with Gasteiger partial charge < -0.3 is 9.84 Å². The van der Waals surface area contributed by atoms with Crippen LogP contribution in [0.15, 0.2) is 11.6 Å². The molecule has 1 rings (SSSR count). The lowest BCUT2D eigenvalue weighted by molar-refractivity contribution is -0.138. The number of carbonyl (C=O) groups excluding carboxylic acids is 1. The Morgan fingerprint density at radius 2 is 2.30 bits per heavy atom. The smallest absolute Gasteiger partial charge is 0.336 e. The quantitative estimate of drug-likeness (QED) is 0.389. The maximum atomic E-state index is 10.8. The van der Waals surface area contributed by atoms with Gasteiger partial charge >= 0.3 is 5.97 Å². The van der Waals surface area contributed by atoms with E-state index in [2.05, 4.69) is 0 Å². The molecule has 0 aromatic heterocycles. The summed E-state index contributed by atoms with van der Waals surface area (Å²) in [4.78, 5) is 10.8. The molecule has 1 aliphatic rings. The van der Waals surface area contributed by atoms with Gasteiger partial charge in [0.05, 0.1) is 5.57 Å². The predicted octanol–water partition coefficient (Wildman–Crippen LogP) is 0.239. The Hall–Kier alpha value is -0.830. The average Bonchev–Trinajstić information content (AvgIpc) is 2.09. The summed E-state index contributed by atoms with van der Waals surface area (Å²) in [6.45, 7) is 3.37. The van der Waals surface area contributed by atoms with Crippen LogP contribution in [0.2, 0.25) is 0 Å². The fourth-order valence-electron chi connectivity index (χ4n) is 0.964. The summed E-state index contributed by atoms with van der Waals surface area (Å²) < 4.78 is 4.72. The van der Waals surface area contributed by atoms with Crippen molar-refractivity contribution in [2.45, 2.75) is 26.1 Å². The lowest BCUT2D eigenvalue weighted by atomic mass is 10.1. The van der Waals surface area contributed by atoms with Crippen LogP contribution in [0.25, 0.3) is 0 Å². The van der Waals surface area contributed by atoms with Gasteiger partial charge in [-0.3, -0.25) is 0 Å². The van der Waals surface area contributed by atoms with Crippen LogP contribution in [0.4, 0.5) is 0 Å². The summed E-state index contributed by atoms with van der Waals surface area (Å²) >= 11 is 0. The van der Waals surface area contributed by atoms with E-state index in [9.17, 15) is 9.90 Å². The van der Waals surface area contributed by atoms with Crippen molar-refractivity contribution in [1.82, 2.24) is 0 Å². The van der Waals surface area contributed by atoms with E-state index in [0.717, 1.165) is 0 Å². The largest absolute Gasteiger partial charge is 0.456 e. The van der Waals surface area contributed by atoms with Gasteiger partial charge in [-0.25, -0.2) is 4.79 Å². The normalized spacial score (nSPS) is 36.7. The zero-order valence-corrected chi connectivity index (χ0v) is 6.00. The summed E-state index contributed by atoms with van der Waals surface area (Å²) in [5, 5.41) is 9.21. The van der Waals surface area contributed by atoms with Gasteiger partial charge in [0.15, 0.2) is 0 Å². The summed E-state index contributed by atoms with van der Waals surface area (Å²) in [7, 11) is 0. The molecule has 56 valence electrons. The standard InChI is InChI=1S/C7H10O3/c1-3-5-6(8)4(2)10-7(5)9/h3-4,6,8H,1-2H3/b5-3+. The van der Waals surface area contributed by atoms with Crippen LogP contribution in [-0.4, -0.2) is 23.3 Å². The molecule has 0 aliphatic carbocycles. The molecule has 1 fully saturated rings. The number of cyclic esters (lactones) is 1. The Bertz CT molecular complexity index is 183. The molecule has 2 atom stereocenters. The lowest BCUT2D eigenvalue weighted by Crippen LogP contribution is -2.17. The van der Waals surface area contributed by atoms with E-state index < -0.39 is 18.2 Å². The molecule has 0 saturated carbocycles. The minimum absolute atomic E-state index is 0.368. The molecule has 1 saturated heterocycles. The van der Waals surface area contributed by atoms with Crippen molar-refractivity contribution >= 4 is 5.97 Å². The van der Waals surface area contributed by atoms with E-state index in [-0.39, 0.29) is 0 Å². The van der Waals surface area contributed by atoms with Gasteiger partial charge in [0.1, 0.15) is 12.2 Å². The van der Waals surface area contributed by atoms with Crippen LogP contribution in [0, 0.1) is 0 Å². The molecule has 1 aliphatic heterocycles. The Morgan fingerprint density at radius 3 is 2.50 bits per heavy atom. The van der Waals surface area contributed by atoms with Crippen LogP contribution in [0.3, 0.4) is 0 Å². The topological polar surface area (TPSA) is 46.5 Å². The third-order valence-corrected chi connectivity index (χ3v) is 1.60. The Kier molecular flexibility index (Phi) is 1.76. The molecule has 1 heterocycles. The third-order valence-electron chi connectivity index (χ3n) is 1.60. The Morgan fingerprint density at radius 1 is 1.70 bits per heavy atom. The number of hydrogen-bond acceptors (Lipinski definition) is 3. The van der Waals surface area contributed by atoms with Crippen LogP contribution < -0.4 is 0 Å². The summed E-state index contributed by atoms with van der Waals surface area (Å²) in [6.07, 6.45) is 0.451. The number of hydrogen-bond donors (Lipinski definition) is 1. The van der Waals surface area contributed by atoms with E-state index in [1.54, 1.807) is 19.9 Å². The highest BCUT2D eigenvalue weighted by Crippen LogP contribution is 2.19. The number of aliphatic hydroxyl groups excluding tert-OH is 1. The van der Waals surface area contributed by atoms with Gasteiger partial charge in [-0.15, -0.1) is 0 Å². The molecule has 3 nitrogen and oxygen atoms in total. The summed E-state index contributed by atoms with van der Waals surface area (Å²) in [5.74, 6) is -0.400. The number of rotatable bonds is 0. The molecule has 1 N–H and O–H groups in total. The predicted molar refractivity (Wildman–Crippen MR) is 35.3 cm³/mol. The highest BCUT2D eigenvalue weighted by molar-refractivity contribution is 5.91. The van der Waals surface area contributed by atoms with E-state index >= 15 is 0 Å². The third kappa shape index (κ3) is 0.926. The van der Waals surface area contributed by atoms with Crippen molar-refractivity contribution in [1.29, 1.82) is 0 Å². The Labute approximate surface area is 59.3 Å². The fraction of sp³-hybridized carbons (Fsp3) is 0.571. The molecular weight excluding hydrogens is 132 g/mol. The number of carbonyl (C=O) groups is 1. The molecule has 10 heavy (non-hydrogen) atoms. The van der Waals surface area contributed by atoms with E-state index in [4.69, 9.17) is 4.74 Å². The minimum atomic E-state index is -0.738. The summed E-state index contributed by atoms with van der Waals surface area (Å²) in [6, 6.07) is 0. The van der Waals surface area contributed by atoms with Gasteiger partial charge in [0.2, 0.25) is 0 Å². The van der Waals surface area contributed by atoms with Crippen molar-refractivity contribution < 1.29 is 14.6 Å². The minimum Gasteiger partial charge on any atom is -0.456 e. The van der Waals surface area contributed by atoms with Gasteiger partial charge in [-0.05, 0) is 13.8 Å². The first-order valence-corrected chi connectivity index (χ1v) is 3.22. The molecule has 0 aromatic rings. The maximum absolute atomic E-state index is 10.8. The zero-order chi connectivity index (χ0) is 7.72. The maximum Gasteiger partial charge on any atom is 0.336 e. The molecule has 3 heteroatoms. The van der Waals surface area contributed by atoms with Crippen molar-refractivity contribution in [3.8, 4) is 0 Å². The van der Waals surface area contributed by atoms with Crippen molar-refractivity contribution in [2.75, 3.05) is 0 Å². The lowest BCUT2D eigenvalue weighted by Gasteiger charge is -2.03. The Balaban J connectivity index is 2.85. The second kappa shape index (κ2) is 2.42. The number of aliphatic hydroxyl groups is 1. The first-order chi connectivity index (χ1) is 4.66. The summed E-state index contributed by atoms with van der Waals surface area (Å²) in [5.41, 5.74) is 0.368. The van der Waals surface area contributed by atoms with Crippen LogP contribution >= 0.6 is 0 Å². The molecule has 0 amide bonds. The fourth-order valence-corrected chi connectivity index (χ4v) is 0.964. The van der Waals surface area contributed by atoms with Crippen LogP contribution in [0.5, 0.6) is 0 Å². The highest BCUT2D eigenvalue weighted by Gasteiger charge is 2.34. The van der Waals surface area contributed by atoms with E-state index in [0.29, 0.717) is 5.57 Å². The van der Waals surface area contributed by atoms with Crippen LogP contribution in [-0.2, 0) is 9.53 Å². The van der Waals surface area contributed by atoms with E-state index in [1.807, 2.05) is 0 Å². The van der Waals surface area contributed by atoms with Gasteiger partial charge in [-0.2, -0.15) is 0 Å². The second-order valence-corrected chi connectivity index (χ2v) is 2.30. The monoisotopic (exact) mass is 142 g/mol. The first-order valence-electron chi connectivity index (χ1n) is 3.22. The van der Waals surface area contributed by atoms with Gasteiger partial charge in [0.25, 0.3) is 0 Å². The number of esters is 1. The molecule has 0 radical (unpaired) electrons. The first kappa shape index (κ1) is 7.28. The van der Waals surface area contributed by atoms with Gasteiger partial charge in [-0.1, -0.05) is 6.08 Å².